The summed E-state index contributed by atoms with van der Waals surface area (Å²) < 4.78 is 14.4. The van der Waals surface area contributed by atoms with Crippen molar-refractivity contribution in [2.75, 3.05) is 6.54 Å². The van der Waals surface area contributed by atoms with E-state index in [-0.39, 0.29) is 17.7 Å². The van der Waals surface area contributed by atoms with Gasteiger partial charge in [-0.05, 0) is 46.5 Å². The van der Waals surface area contributed by atoms with Gasteiger partial charge >= 0.3 is 0 Å². The molecule has 32 heavy (non-hydrogen) atoms. The van der Waals surface area contributed by atoms with E-state index in [0.29, 0.717) is 12.1 Å². The third kappa shape index (κ3) is 3.18. The van der Waals surface area contributed by atoms with Gasteiger partial charge in [0.15, 0.2) is 0 Å². The van der Waals surface area contributed by atoms with E-state index in [1.807, 2.05) is 18.2 Å². The zero-order valence-electron chi connectivity index (χ0n) is 17.3. The van der Waals surface area contributed by atoms with E-state index in [1.54, 1.807) is 0 Å². The van der Waals surface area contributed by atoms with Crippen LogP contribution in [0.2, 0.25) is 0 Å². The Labute approximate surface area is 184 Å². The van der Waals surface area contributed by atoms with Crippen molar-refractivity contribution in [1.29, 1.82) is 0 Å². The second-order valence-electron chi connectivity index (χ2n) is 8.15. The van der Waals surface area contributed by atoms with Crippen LogP contribution in [0.15, 0.2) is 72.8 Å². The summed E-state index contributed by atoms with van der Waals surface area (Å²) in [5.41, 5.74) is 6.39. The molecule has 0 saturated heterocycles. The van der Waals surface area contributed by atoms with Gasteiger partial charge in [0.2, 0.25) is 5.82 Å². The molecule has 7 heteroatoms. The number of aromatic amines is 2. The molecule has 6 nitrogen and oxygen atoms in total. The summed E-state index contributed by atoms with van der Waals surface area (Å²) in [6.45, 7) is 1.59. The molecule has 6 rings (SSSR count). The van der Waals surface area contributed by atoms with Crippen molar-refractivity contribution in [1.82, 2.24) is 30.5 Å². The maximum atomic E-state index is 14.4. The molecule has 0 spiro atoms. The molecule has 0 bridgehead atoms. The Morgan fingerprint density at radius 3 is 2.69 bits per heavy atom. The van der Waals surface area contributed by atoms with Crippen LogP contribution >= 0.6 is 0 Å². The van der Waals surface area contributed by atoms with Crippen LogP contribution in [0, 0.1) is 5.82 Å². The van der Waals surface area contributed by atoms with Crippen LogP contribution in [0.25, 0.3) is 22.3 Å². The van der Waals surface area contributed by atoms with Gasteiger partial charge in [-0.1, -0.05) is 54.6 Å². The lowest BCUT2D eigenvalue weighted by atomic mass is 9.92. The monoisotopic (exact) mass is 424 g/mol. The first-order chi connectivity index (χ1) is 15.8. The third-order valence-electron chi connectivity index (χ3n) is 6.25. The standard InChI is InChI=1S/C25H21FN6/c26-21-11-10-16(14-20(21)25-28-30-31-29-25)15-32-13-12-19-18-8-4-5-9-22(18)27-23(19)24(32)17-6-2-1-3-7-17/h1-11,14,24,27H,12-13,15H2,(H,28,29,30,31). The SMILES string of the molecule is Fc1ccc(CN2CCc3c([nH]c4ccccc34)C2c2ccccc2)cc1-c1nn[nH]n1. The summed E-state index contributed by atoms with van der Waals surface area (Å²) in [6, 6.07) is 24.3. The van der Waals surface area contributed by atoms with Gasteiger partial charge in [0.05, 0.1) is 11.6 Å². The predicted molar refractivity (Wildman–Crippen MR) is 120 cm³/mol. The first-order valence-corrected chi connectivity index (χ1v) is 10.7. The van der Waals surface area contributed by atoms with Crippen LogP contribution in [-0.2, 0) is 13.0 Å². The van der Waals surface area contributed by atoms with Crippen LogP contribution in [0.1, 0.15) is 28.4 Å². The fraction of sp³-hybridized carbons (Fsp3) is 0.160. The second-order valence-corrected chi connectivity index (χ2v) is 8.15. The van der Waals surface area contributed by atoms with Crippen molar-refractivity contribution in [3.8, 4) is 11.4 Å². The second kappa shape index (κ2) is 7.69. The number of halogens is 1. The maximum Gasteiger partial charge on any atom is 0.207 e. The number of para-hydroxylation sites is 1. The number of rotatable bonds is 4. The number of tetrazole rings is 1. The lowest BCUT2D eigenvalue weighted by molar-refractivity contribution is 0.202. The molecular formula is C25H21FN6. The highest BCUT2D eigenvalue weighted by Gasteiger charge is 2.31. The lowest BCUT2D eigenvalue weighted by Crippen LogP contribution is -2.35. The van der Waals surface area contributed by atoms with Gasteiger partial charge in [-0.2, -0.15) is 5.21 Å². The van der Waals surface area contributed by atoms with Crippen LogP contribution in [-0.4, -0.2) is 37.1 Å². The number of hydrogen-bond acceptors (Lipinski definition) is 4. The van der Waals surface area contributed by atoms with Crippen molar-refractivity contribution >= 4 is 10.9 Å². The highest BCUT2D eigenvalue weighted by molar-refractivity contribution is 5.85. The van der Waals surface area contributed by atoms with E-state index < -0.39 is 0 Å². The van der Waals surface area contributed by atoms with E-state index in [9.17, 15) is 4.39 Å². The Hall–Kier alpha value is -3.84. The fourth-order valence-electron chi connectivity index (χ4n) is 4.83. The highest BCUT2D eigenvalue weighted by atomic mass is 19.1. The zero-order valence-corrected chi connectivity index (χ0v) is 17.3. The Bertz CT molecular complexity index is 1380. The molecule has 0 saturated carbocycles. The van der Waals surface area contributed by atoms with Crippen molar-refractivity contribution in [3.63, 3.8) is 0 Å². The van der Waals surface area contributed by atoms with Gasteiger partial charge in [-0.3, -0.25) is 4.90 Å². The summed E-state index contributed by atoms with van der Waals surface area (Å²) in [5, 5.41) is 15.1. The topological polar surface area (TPSA) is 73.5 Å². The lowest BCUT2D eigenvalue weighted by Gasteiger charge is -2.36. The Morgan fingerprint density at radius 2 is 1.84 bits per heavy atom. The number of hydrogen-bond donors (Lipinski definition) is 2. The molecule has 158 valence electrons. The summed E-state index contributed by atoms with van der Waals surface area (Å²) >= 11 is 0. The summed E-state index contributed by atoms with van der Waals surface area (Å²) in [6.07, 6.45) is 0.960. The van der Waals surface area contributed by atoms with Crippen LogP contribution in [0.5, 0.6) is 0 Å². The van der Waals surface area contributed by atoms with Crippen LogP contribution in [0.3, 0.4) is 0 Å². The number of H-pyrrole nitrogens is 2. The summed E-state index contributed by atoms with van der Waals surface area (Å²) in [4.78, 5) is 6.13. The molecule has 0 radical (unpaired) electrons. The molecule has 1 unspecified atom stereocenters. The average Bonchev–Trinajstić information content (AvgIpc) is 3.49. The number of fused-ring (bicyclic) bond motifs is 3. The number of aromatic nitrogens is 5. The van der Waals surface area contributed by atoms with E-state index in [0.717, 1.165) is 18.5 Å². The molecular weight excluding hydrogens is 403 g/mol. The van der Waals surface area contributed by atoms with E-state index >= 15 is 0 Å². The Kier molecular flexibility index (Phi) is 4.54. The average molecular weight is 424 g/mol. The number of benzene rings is 3. The van der Waals surface area contributed by atoms with Crippen LogP contribution < -0.4 is 0 Å². The Morgan fingerprint density at radius 1 is 1.00 bits per heavy atom. The first kappa shape index (κ1) is 18.9. The first-order valence-electron chi connectivity index (χ1n) is 10.7. The van der Waals surface area contributed by atoms with Crippen molar-refractivity contribution in [2.24, 2.45) is 0 Å². The predicted octanol–water partition coefficient (Wildman–Crippen LogP) is 4.63. The molecule has 0 amide bonds. The maximum absolute atomic E-state index is 14.4. The molecule has 1 atom stereocenters. The molecule has 3 aromatic carbocycles. The number of nitrogens with one attached hydrogen (secondary N) is 2. The third-order valence-corrected chi connectivity index (χ3v) is 6.25. The normalized spacial score (nSPS) is 16.3. The van der Waals surface area contributed by atoms with Gasteiger partial charge in [0, 0.05) is 29.7 Å². The Balaban J connectivity index is 1.42. The van der Waals surface area contributed by atoms with Gasteiger partial charge in [-0.25, -0.2) is 4.39 Å². The zero-order chi connectivity index (χ0) is 21.5. The molecule has 1 aliphatic heterocycles. The summed E-state index contributed by atoms with van der Waals surface area (Å²) in [7, 11) is 0. The van der Waals surface area contributed by atoms with E-state index in [1.165, 1.54) is 33.8 Å². The molecule has 5 aromatic rings. The van der Waals surface area contributed by atoms with Gasteiger partial charge in [0.1, 0.15) is 5.82 Å². The number of nitrogens with zero attached hydrogens (tertiary/aromatic N) is 4. The minimum Gasteiger partial charge on any atom is -0.357 e. The largest absolute Gasteiger partial charge is 0.357 e. The van der Waals surface area contributed by atoms with E-state index in [2.05, 4.69) is 79.0 Å². The minimum absolute atomic E-state index is 0.0889. The summed E-state index contributed by atoms with van der Waals surface area (Å²) in [5.74, 6) is -0.0909. The molecule has 2 aromatic heterocycles. The smallest absolute Gasteiger partial charge is 0.207 e. The van der Waals surface area contributed by atoms with E-state index in [4.69, 9.17) is 0 Å². The molecule has 2 N–H and O–H groups in total. The van der Waals surface area contributed by atoms with Crippen molar-refractivity contribution < 1.29 is 4.39 Å². The van der Waals surface area contributed by atoms with Gasteiger partial charge in [0.25, 0.3) is 0 Å². The fourth-order valence-corrected chi connectivity index (χ4v) is 4.83. The molecule has 0 aliphatic carbocycles. The van der Waals surface area contributed by atoms with Crippen molar-refractivity contribution in [2.45, 2.75) is 19.0 Å². The van der Waals surface area contributed by atoms with Gasteiger partial charge < -0.3 is 4.98 Å². The van der Waals surface area contributed by atoms with Gasteiger partial charge in [-0.15, -0.1) is 10.2 Å². The molecule has 1 aliphatic rings. The minimum atomic E-state index is -0.355. The molecule has 0 fully saturated rings. The highest BCUT2D eigenvalue weighted by Crippen LogP contribution is 2.39. The quantitative estimate of drug-likeness (QED) is 0.441. The molecule has 3 heterocycles. The van der Waals surface area contributed by atoms with Crippen molar-refractivity contribution in [3.05, 3.63) is 101 Å². The van der Waals surface area contributed by atoms with Crippen LogP contribution in [0.4, 0.5) is 4.39 Å².